The van der Waals surface area contributed by atoms with Gasteiger partial charge in [-0.3, -0.25) is 0 Å². The molecule has 1 radical (unpaired) electrons. The first-order valence-corrected chi connectivity index (χ1v) is 4.88. The summed E-state index contributed by atoms with van der Waals surface area (Å²) in [4.78, 5) is 3.46. The summed E-state index contributed by atoms with van der Waals surface area (Å²) in [5, 5.41) is 1.41. The summed E-state index contributed by atoms with van der Waals surface area (Å²) in [6.07, 6.45) is 6.07. The minimum atomic E-state index is 1.22. The highest BCUT2D eigenvalue weighted by Crippen LogP contribution is 2.29. The van der Waals surface area contributed by atoms with E-state index in [9.17, 15) is 0 Å². The molecular formula is C12H12N. The predicted molar refractivity (Wildman–Crippen MR) is 54.6 cm³/mol. The zero-order valence-corrected chi connectivity index (χ0v) is 7.51. The maximum absolute atomic E-state index is 3.46. The van der Waals surface area contributed by atoms with Gasteiger partial charge in [0.2, 0.25) is 0 Å². The predicted octanol–water partition coefficient (Wildman–Crippen LogP) is 3.06. The van der Waals surface area contributed by atoms with Gasteiger partial charge in [0, 0.05) is 23.0 Å². The molecule has 1 aliphatic rings. The molecule has 2 aromatic rings. The fourth-order valence-corrected chi connectivity index (χ4v) is 2.19. The van der Waals surface area contributed by atoms with Crippen LogP contribution >= 0.6 is 0 Å². The SMILES string of the molecule is [CH]1CCCc2c1[nH]c1ccccc21. The van der Waals surface area contributed by atoms with Crippen LogP contribution in [0.15, 0.2) is 24.3 Å². The highest BCUT2D eigenvalue weighted by Gasteiger charge is 2.14. The van der Waals surface area contributed by atoms with Crippen molar-refractivity contribution < 1.29 is 0 Å². The lowest BCUT2D eigenvalue weighted by Crippen LogP contribution is -1.97. The van der Waals surface area contributed by atoms with E-state index in [4.69, 9.17) is 0 Å². The van der Waals surface area contributed by atoms with Crippen molar-refractivity contribution in [3.8, 4) is 0 Å². The summed E-state index contributed by atoms with van der Waals surface area (Å²) in [5.41, 5.74) is 4.15. The van der Waals surface area contributed by atoms with Gasteiger partial charge in [0.05, 0.1) is 0 Å². The Labute approximate surface area is 77.8 Å². The quantitative estimate of drug-likeness (QED) is 0.625. The van der Waals surface area contributed by atoms with E-state index in [1.165, 1.54) is 41.4 Å². The number of H-pyrrole nitrogens is 1. The minimum Gasteiger partial charge on any atom is -0.358 e. The summed E-state index contributed by atoms with van der Waals surface area (Å²) >= 11 is 0. The Kier molecular flexibility index (Phi) is 1.45. The second kappa shape index (κ2) is 2.63. The normalized spacial score (nSPS) is 16.0. The van der Waals surface area contributed by atoms with Crippen molar-refractivity contribution in [1.82, 2.24) is 4.98 Å². The number of para-hydroxylation sites is 1. The molecule has 1 heteroatoms. The van der Waals surface area contributed by atoms with Gasteiger partial charge in [0.1, 0.15) is 0 Å². The second-order valence-electron chi connectivity index (χ2n) is 3.66. The lowest BCUT2D eigenvalue weighted by Gasteiger charge is -2.09. The van der Waals surface area contributed by atoms with Gasteiger partial charge in [-0.1, -0.05) is 18.2 Å². The van der Waals surface area contributed by atoms with Crippen LogP contribution in [0.1, 0.15) is 24.1 Å². The number of aryl methyl sites for hydroxylation is 1. The lowest BCUT2D eigenvalue weighted by molar-refractivity contribution is 0.774. The van der Waals surface area contributed by atoms with Crippen LogP contribution in [-0.2, 0) is 6.42 Å². The van der Waals surface area contributed by atoms with Gasteiger partial charge in [0.15, 0.2) is 0 Å². The molecule has 0 fully saturated rings. The van der Waals surface area contributed by atoms with Gasteiger partial charge < -0.3 is 4.98 Å². The third kappa shape index (κ3) is 0.998. The number of aromatic nitrogens is 1. The molecule has 1 nitrogen and oxygen atoms in total. The van der Waals surface area contributed by atoms with E-state index in [1.807, 2.05) is 0 Å². The maximum Gasteiger partial charge on any atom is 0.0459 e. The average molecular weight is 170 g/mol. The number of hydrogen-bond acceptors (Lipinski definition) is 0. The monoisotopic (exact) mass is 170 g/mol. The van der Waals surface area contributed by atoms with Crippen LogP contribution in [0.25, 0.3) is 10.9 Å². The molecule has 0 atom stereocenters. The number of benzene rings is 1. The molecule has 0 amide bonds. The van der Waals surface area contributed by atoms with Gasteiger partial charge in [0.25, 0.3) is 0 Å². The third-order valence-electron chi connectivity index (χ3n) is 2.83. The third-order valence-corrected chi connectivity index (χ3v) is 2.83. The Morgan fingerprint density at radius 1 is 1.15 bits per heavy atom. The Morgan fingerprint density at radius 3 is 3.08 bits per heavy atom. The summed E-state index contributed by atoms with van der Waals surface area (Å²) in [5.74, 6) is 0. The second-order valence-corrected chi connectivity index (χ2v) is 3.66. The van der Waals surface area contributed by atoms with Crippen LogP contribution in [0.3, 0.4) is 0 Å². The van der Waals surface area contributed by atoms with Crippen molar-refractivity contribution in [2.24, 2.45) is 0 Å². The Hall–Kier alpha value is -1.24. The molecule has 1 N–H and O–H groups in total. The molecule has 1 aliphatic carbocycles. The number of rotatable bonds is 0. The Balaban J connectivity index is 2.34. The molecule has 0 aliphatic heterocycles. The Bertz CT molecular complexity index is 439. The van der Waals surface area contributed by atoms with Crippen LogP contribution in [0.2, 0.25) is 0 Å². The zero-order valence-electron chi connectivity index (χ0n) is 7.51. The molecule has 0 unspecified atom stereocenters. The number of hydrogen-bond donors (Lipinski definition) is 1. The van der Waals surface area contributed by atoms with E-state index >= 15 is 0 Å². The summed E-state index contributed by atoms with van der Waals surface area (Å²) in [6.45, 7) is 0. The van der Waals surface area contributed by atoms with Crippen LogP contribution in [-0.4, -0.2) is 4.98 Å². The maximum atomic E-state index is 3.46. The molecule has 0 saturated heterocycles. The van der Waals surface area contributed by atoms with Crippen molar-refractivity contribution in [1.29, 1.82) is 0 Å². The van der Waals surface area contributed by atoms with E-state index in [0.717, 1.165) is 0 Å². The van der Waals surface area contributed by atoms with Crippen LogP contribution in [0, 0.1) is 6.42 Å². The van der Waals surface area contributed by atoms with Crippen LogP contribution in [0.5, 0.6) is 0 Å². The first-order valence-electron chi connectivity index (χ1n) is 4.88. The molecule has 1 aromatic carbocycles. The number of nitrogens with one attached hydrogen (secondary N) is 1. The number of fused-ring (bicyclic) bond motifs is 3. The molecule has 0 spiro atoms. The summed E-state index contributed by atoms with van der Waals surface area (Å²) in [7, 11) is 0. The van der Waals surface area contributed by atoms with Crippen LogP contribution in [0.4, 0.5) is 0 Å². The topological polar surface area (TPSA) is 15.8 Å². The average Bonchev–Trinajstić information content (AvgIpc) is 2.56. The van der Waals surface area contributed by atoms with Gasteiger partial charge in [-0.05, 0) is 30.9 Å². The minimum absolute atomic E-state index is 1.22. The molecule has 3 rings (SSSR count). The van der Waals surface area contributed by atoms with Crippen molar-refractivity contribution in [3.63, 3.8) is 0 Å². The fourth-order valence-electron chi connectivity index (χ4n) is 2.19. The molecule has 13 heavy (non-hydrogen) atoms. The smallest absolute Gasteiger partial charge is 0.0459 e. The molecule has 0 saturated carbocycles. The molecule has 0 bridgehead atoms. The van der Waals surface area contributed by atoms with E-state index in [0.29, 0.717) is 0 Å². The highest BCUT2D eigenvalue weighted by molar-refractivity contribution is 5.85. The first kappa shape index (κ1) is 7.19. The highest BCUT2D eigenvalue weighted by atomic mass is 14.7. The van der Waals surface area contributed by atoms with E-state index in [2.05, 4.69) is 35.7 Å². The van der Waals surface area contributed by atoms with Crippen molar-refractivity contribution in [3.05, 3.63) is 41.9 Å². The summed E-state index contributed by atoms with van der Waals surface area (Å²) in [6, 6.07) is 8.57. The standard InChI is InChI=1S/C12H12N/c1-3-7-11-9(5-1)10-6-2-4-8-12(10)13-11/h1,3,5,7-8,13H,2,4,6H2. The van der Waals surface area contributed by atoms with Crippen molar-refractivity contribution >= 4 is 10.9 Å². The molecular weight excluding hydrogens is 158 g/mol. The molecule has 65 valence electrons. The summed E-state index contributed by atoms with van der Waals surface area (Å²) < 4.78 is 0. The van der Waals surface area contributed by atoms with Gasteiger partial charge in [-0.25, -0.2) is 0 Å². The fraction of sp³-hybridized carbons (Fsp3) is 0.250. The first-order chi connectivity index (χ1) is 6.45. The van der Waals surface area contributed by atoms with E-state index in [-0.39, 0.29) is 0 Å². The van der Waals surface area contributed by atoms with Gasteiger partial charge in [-0.15, -0.1) is 0 Å². The van der Waals surface area contributed by atoms with Crippen LogP contribution < -0.4 is 0 Å². The van der Waals surface area contributed by atoms with Crippen molar-refractivity contribution in [2.45, 2.75) is 19.3 Å². The lowest BCUT2D eigenvalue weighted by atomic mass is 9.96. The van der Waals surface area contributed by atoms with Gasteiger partial charge >= 0.3 is 0 Å². The van der Waals surface area contributed by atoms with Gasteiger partial charge in [-0.2, -0.15) is 0 Å². The van der Waals surface area contributed by atoms with Crippen molar-refractivity contribution in [2.75, 3.05) is 0 Å². The van der Waals surface area contributed by atoms with E-state index < -0.39 is 0 Å². The number of aromatic amines is 1. The Morgan fingerprint density at radius 2 is 2.08 bits per heavy atom. The molecule has 1 heterocycles. The largest absolute Gasteiger partial charge is 0.358 e. The zero-order chi connectivity index (χ0) is 8.67. The molecule has 1 aromatic heterocycles. The van der Waals surface area contributed by atoms with E-state index in [1.54, 1.807) is 0 Å².